The van der Waals surface area contributed by atoms with Gasteiger partial charge in [-0.05, 0) is 77.4 Å². The molecule has 4 nitrogen and oxygen atoms in total. The van der Waals surface area contributed by atoms with Crippen LogP contribution in [0.5, 0.6) is 0 Å². The average Bonchev–Trinajstić information content (AvgIpc) is 2.80. The first kappa shape index (κ1) is 18.1. The van der Waals surface area contributed by atoms with E-state index in [1.807, 2.05) is 6.08 Å². The molecule has 0 atom stereocenters. The fourth-order valence-corrected chi connectivity index (χ4v) is 3.81. The summed E-state index contributed by atoms with van der Waals surface area (Å²) in [6, 6.07) is 0. The highest BCUT2D eigenvalue weighted by atomic mass is 32.2. The summed E-state index contributed by atoms with van der Waals surface area (Å²) in [6.07, 6.45) is 6.51. The third-order valence-corrected chi connectivity index (χ3v) is 4.92. The van der Waals surface area contributed by atoms with Crippen LogP contribution in [0.25, 0.3) is 0 Å². The molecule has 1 heterocycles. The second kappa shape index (κ2) is 6.00. The van der Waals surface area contributed by atoms with Crippen LogP contribution in [0.1, 0.15) is 60.8 Å². The number of carbonyl (C=O) groups is 2. The number of hydrogen-bond acceptors (Lipinski definition) is 5. The highest BCUT2D eigenvalue weighted by molar-refractivity contribution is 8.06. The summed E-state index contributed by atoms with van der Waals surface area (Å²) >= 11 is 1.29. The zero-order valence-corrected chi connectivity index (χ0v) is 15.6. The maximum Gasteiger partial charge on any atom is 0.338 e. The molecular formula is C18H26O4S. The van der Waals surface area contributed by atoms with Crippen molar-refractivity contribution in [3.63, 3.8) is 0 Å². The zero-order valence-electron chi connectivity index (χ0n) is 14.8. The molecule has 0 saturated heterocycles. The maximum atomic E-state index is 12.8. The molecule has 128 valence electrons. The summed E-state index contributed by atoms with van der Waals surface area (Å²) in [7, 11) is 0. The lowest BCUT2D eigenvalue weighted by molar-refractivity contribution is -0.169. The molecule has 0 radical (unpaired) electrons. The van der Waals surface area contributed by atoms with Crippen molar-refractivity contribution in [2.75, 3.05) is 0 Å². The largest absolute Gasteiger partial charge is 0.458 e. The topological polar surface area (TPSA) is 52.6 Å². The van der Waals surface area contributed by atoms with Crippen molar-refractivity contribution in [1.29, 1.82) is 0 Å². The highest BCUT2D eigenvalue weighted by Crippen LogP contribution is 2.48. The van der Waals surface area contributed by atoms with Crippen molar-refractivity contribution in [2.45, 2.75) is 76.8 Å². The predicted molar refractivity (Wildman–Crippen MR) is 92.0 cm³/mol. The van der Waals surface area contributed by atoms with Crippen LogP contribution in [0.4, 0.5) is 0 Å². The first-order valence-electron chi connectivity index (χ1n) is 8.00. The zero-order chi connectivity index (χ0) is 17.5. The van der Waals surface area contributed by atoms with Gasteiger partial charge in [0.15, 0.2) is 0 Å². The van der Waals surface area contributed by atoms with Gasteiger partial charge in [-0.1, -0.05) is 17.8 Å². The summed E-state index contributed by atoms with van der Waals surface area (Å²) in [5.74, 6) is -1.11. The molecule has 0 unspecified atom stereocenters. The summed E-state index contributed by atoms with van der Waals surface area (Å²) in [4.78, 5) is 26.8. The summed E-state index contributed by atoms with van der Waals surface area (Å²) in [5, 5.41) is 0. The predicted octanol–water partition coefficient (Wildman–Crippen LogP) is 4.15. The number of allylic oxidation sites excluding steroid dienone is 3. The van der Waals surface area contributed by atoms with Gasteiger partial charge in [-0.25, -0.2) is 9.59 Å². The Morgan fingerprint density at radius 1 is 1.00 bits per heavy atom. The van der Waals surface area contributed by atoms with E-state index in [1.54, 1.807) is 47.6 Å². The van der Waals surface area contributed by atoms with Crippen molar-refractivity contribution in [3.05, 3.63) is 22.6 Å². The first-order valence-corrected chi connectivity index (χ1v) is 8.82. The molecule has 1 aliphatic heterocycles. The van der Waals surface area contributed by atoms with Crippen molar-refractivity contribution >= 4 is 23.7 Å². The van der Waals surface area contributed by atoms with Crippen LogP contribution in [0.15, 0.2) is 22.6 Å². The van der Waals surface area contributed by atoms with E-state index < -0.39 is 27.9 Å². The molecule has 23 heavy (non-hydrogen) atoms. The van der Waals surface area contributed by atoms with Gasteiger partial charge in [0.1, 0.15) is 11.2 Å². The van der Waals surface area contributed by atoms with Crippen LogP contribution in [0, 0.1) is 0 Å². The quantitative estimate of drug-likeness (QED) is 0.559. The van der Waals surface area contributed by atoms with E-state index in [0.717, 1.165) is 24.2 Å². The van der Waals surface area contributed by atoms with E-state index >= 15 is 0 Å². The number of ether oxygens (including phenoxy) is 2. The van der Waals surface area contributed by atoms with E-state index in [0.29, 0.717) is 0 Å². The minimum absolute atomic E-state index is 0.557. The Kier molecular flexibility index (Phi) is 4.73. The van der Waals surface area contributed by atoms with Crippen molar-refractivity contribution in [1.82, 2.24) is 0 Å². The third kappa shape index (κ3) is 4.19. The fraction of sp³-hybridized carbons (Fsp3) is 0.667. The summed E-state index contributed by atoms with van der Waals surface area (Å²) < 4.78 is 9.62. The second-order valence-corrected chi connectivity index (χ2v) is 9.32. The van der Waals surface area contributed by atoms with Crippen LogP contribution >= 0.6 is 11.8 Å². The molecule has 0 spiro atoms. The minimum Gasteiger partial charge on any atom is -0.458 e. The van der Waals surface area contributed by atoms with Crippen LogP contribution in [-0.4, -0.2) is 27.9 Å². The molecule has 0 fully saturated rings. The van der Waals surface area contributed by atoms with E-state index in [1.165, 1.54) is 17.3 Å². The number of esters is 2. The fourth-order valence-electron chi connectivity index (χ4n) is 2.49. The maximum absolute atomic E-state index is 12.8. The molecule has 0 saturated carbocycles. The van der Waals surface area contributed by atoms with Crippen LogP contribution < -0.4 is 0 Å². The molecule has 0 aromatic carbocycles. The Hall–Kier alpha value is -1.23. The molecule has 2 aliphatic rings. The summed E-state index contributed by atoms with van der Waals surface area (Å²) in [6.45, 7) is 10.8. The van der Waals surface area contributed by atoms with E-state index in [4.69, 9.17) is 9.47 Å². The first-order chi connectivity index (χ1) is 10.4. The number of hydrogen-bond donors (Lipinski definition) is 0. The molecule has 0 aromatic heterocycles. The standard InChI is InChI=1S/C18H26O4S/c1-16(2,3)21-14(19)18(15(20)22-17(4,5)6)11-10-12-8-7-9-13(12)23-18/h10-11H,7-9H2,1-6H3. The lowest BCUT2D eigenvalue weighted by Gasteiger charge is -2.34. The molecule has 5 heteroatoms. The Balaban J connectivity index is 2.35. The van der Waals surface area contributed by atoms with Crippen LogP contribution in [-0.2, 0) is 19.1 Å². The van der Waals surface area contributed by atoms with Gasteiger partial charge in [-0.15, -0.1) is 0 Å². The third-order valence-electron chi connectivity index (χ3n) is 3.42. The monoisotopic (exact) mass is 338 g/mol. The molecule has 0 aromatic rings. The highest BCUT2D eigenvalue weighted by Gasteiger charge is 2.52. The lowest BCUT2D eigenvalue weighted by Crippen LogP contribution is -2.49. The Morgan fingerprint density at radius 3 is 2.00 bits per heavy atom. The number of carbonyl (C=O) groups excluding carboxylic acids is 2. The van der Waals surface area contributed by atoms with Gasteiger partial charge in [0.2, 0.25) is 4.75 Å². The van der Waals surface area contributed by atoms with Gasteiger partial charge >= 0.3 is 11.9 Å². The lowest BCUT2D eigenvalue weighted by atomic mass is 10.0. The summed E-state index contributed by atoms with van der Waals surface area (Å²) in [5.41, 5.74) is -0.104. The second-order valence-electron chi connectivity index (χ2n) is 7.98. The van der Waals surface area contributed by atoms with Gasteiger partial charge in [0, 0.05) is 0 Å². The van der Waals surface area contributed by atoms with Gasteiger partial charge in [0.25, 0.3) is 0 Å². The number of rotatable bonds is 2. The Bertz CT molecular complexity index is 545. The normalized spacial score (nSPS) is 20.3. The van der Waals surface area contributed by atoms with Gasteiger partial charge < -0.3 is 9.47 Å². The molecule has 0 amide bonds. The van der Waals surface area contributed by atoms with E-state index in [2.05, 4.69) is 0 Å². The van der Waals surface area contributed by atoms with Crippen LogP contribution in [0.3, 0.4) is 0 Å². The van der Waals surface area contributed by atoms with Crippen molar-refractivity contribution in [3.8, 4) is 0 Å². The van der Waals surface area contributed by atoms with Gasteiger partial charge in [0.05, 0.1) is 0 Å². The van der Waals surface area contributed by atoms with Crippen molar-refractivity contribution in [2.24, 2.45) is 0 Å². The Labute approximate surface area is 142 Å². The minimum atomic E-state index is -1.44. The molecule has 0 N–H and O–H groups in total. The van der Waals surface area contributed by atoms with Crippen molar-refractivity contribution < 1.29 is 19.1 Å². The van der Waals surface area contributed by atoms with Gasteiger partial charge in [-0.3, -0.25) is 0 Å². The molecular weight excluding hydrogens is 312 g/mol. The van der Waals surface area contributed by atoms with E-state index in [9.17, 15) is 9.59 Å². The molecule has 0 bridgehead atoms. The number of thioether (sulfide) groups is 1. The Morgan fingerprint density at radius 2 is 1.52 bits per heavy atom. The molecule has 2 rings (SSSR count). The SMILES string of the molecule is CC(C)(C)OC(=O)C1(C(=O)OC(C)(C)C)C=CC2=C(CCC2)S1. The van der Waals surface area contributed by atoms with Crippen LogP contribution in [0.2, 0.25) is 0 Å². The average molecular weight is 338 g/mol. The van der Waals surface area contributed by atoms with E-state index in [-0.39, 0.29) is 0 Å². The van der Waals surface area contributed by atoms with Gasteiger partial charge in [-0.2, -0.15) is 0 Å². The molecule has 1 aliphatic carbocycles. The smallest absolute Gasteiger partial charge is 0.338 e.